The van der Waals surface area contributed by atoms with E-state index in [9.17, 15) is 19.5 Å². The van der Waals surface area contributed by atoms with E-state index in [1.807, 2.05) is 0 Å². The van der Waals surface area contributed by atoms with Gasteiger partial charge in [0.05, 0.1) is 5.60 Å². The van der Waals surface area contributed by atoms with E-state index < -0.39 is 5.60 Å². The summed E-state index contributed by atoms with van der Waals surface area (Å²) in [5, 5.41) is 10.1. The molecule has 158 valence electrons. The van der Waals surface area contributed by atoms with Crippen molar-refractivity contribution < 1.29 is 24.2 Å². The van der Waals surface area contributed by atoms with Gasteiger partial charge >= 0.3 is 5.97 Å². The highest BCUT2D eigenvalue weighted by Gasteiger charge is 2.57. The molecule has 1 N–H and O–H groups in total. The van der Waals surface area contributed by atoms with Gasteiger partial charge in [0.15, 0.2) is 0 Å². The molecule has 0 aromatic rings. The van der Waals surface area contributed by atoms with Crippen LogP contribution in [0.1, 0.15) is 71.1 Å². The van der Waals surface area contributed by atoms with Crippen LogP contribution in [-0.2, 0) is 19.1 Å². The quantitative estimate of drug-likeness (QED) is 0.568. The monoisotopic (exact) mass is 400 g/mol. The summed E-state index contributed by atoms with van der Waals surface area (Å²) in [6, 6.07) is 0. The Kier molecular flexibility index (Phi) is 4.37. The second-order valence-electron chi connectivity index (χ2n) is 11.1. The van der Waals surface area contributed by atoms with Crippen molar-refractivity contribution in [2.75, 3.05) is 0 Å². The first-order valence-electron chi connectivity index (χ1n) is 11.3. The lowest BCUT2D eigenvalue weighted by molar-refractivity contribution is -0.186. The second-order valence-corrected chi connectivity index (χ2v) is 11.1. The average Bonchev–Trinajstić information content (AvgIpc) is 2.62. The Hall–Kier alpha value is -1.49. The number of aliphatic hydroxyl groups is 1. The zero-order chi connectivity index (χ0) is 20.6. The lowest BCUT2D eigenvalue weighted by atomic mass is 9.53. The summed E-state index contributed by atoms with van der Waals surface area (Å²) < 4.78 is 5.67. The van der Waals surface area contributed by atoms with Crippen molar-refractivity contribution in [3.63, 3.8) is 0 Å². The van der Waals surface area contributed by atoms with Crippen molar-refractivity contribution in [1.82, 2.24) is 0 Å². The summed E-state index contributed by atoms with van der Waals surface area (Å²) in [5.74, 6) is 2.58. The van der Waals surface area contributed by atoms with Crippen molar-refractivity contribution in [2.24, 2.45) is 35.5 Å². The van der Waals surface area contributed by atoms with Gasteiger partial charge < -0.3 is 9.84 Å². The molecule has 0 aromatic heterocycles. The molecule has 4 unspecified atom stereocenters. The van der Waals surface area contributed by atoms with Crippen LogP contribution < -0.4 is 0 Å². The molecule has 0 aromatic carbocycles. The predicted octanol–water partition coefficient (Wildman–Crippen LogP) is 3.38. The van der Waals surface area contributed by atoms with Crippen molar-refractivity contribution >= 4 is 17.5 Å². The first kappa shape index (κ1) is 19.5. The molecule has 4 atom stereocenters. The van der Waals surface area contributed by atoms with Gasteiger partial charge in [-0.15, -0.1) is 0 Å². The molecule has 0 aliphatic heterocycles. The van der Waals surface area contributed by atoms with Gasteiger partial charge in [-0.25, -0.2) is 4.79 Å². The number of Topliss-reactive ketones (excluding diaryl/α,β-unsaturated/α-hetero) is 2. The molecule has 8 saturated carbocycles. The maximum atomic E-state index is 12.0. The van der Waals surface area contributed by atoms with E-state index >= 15 is 0 Å². The molecule has 0 amide bonds. The van der Waals surface area contributed by atoms with E-state index in [0.29, 0.717) is 29.0 Å². The number of carbonyl (C=O) groups excluding carboxylic acids is 3. The fraction of sp³-hybridized carbons (Fsp3) is 0.792. The minimum Gasteiger partial charge on any atom is -0.456 e. The third kappa shape index (κ3) is 3.30. The van der Waals surface area contributed by atoms with E-state index in [1.54, 1.807) is 6.92 Å². The van der Waals surface area contributed by atoms with Crippen LogP contribution in [0.15, 0.2) is 12.2 Å². The Bertz CT molecular complexity index is 746. The van der Waals surface area contributed by atoms with Crippen molar-refractivity contribution in [3.05, 3.63) is 12.2 Å². The van der Waals surface area contributed by atoms with E-state index in [2.05, 4.69) is 6.58 Å². The Morgan fingerprint density at radius 2 is 1.31 bits per heavy atom. The van der Waals surface area contributed by atoms with E-state index in [0.717, 1.165) is 64.2 Å². The van der Waals surface area contributed by atoms with Crippen molar-refractivity contribution in [2.45, 2.75) is 82.3 Å². The molecule has 0 heterocycles. The third-order valence-electron chi connectivity index (χ3n) is 8.56. The summed E-state index contributed by atoms with van der Waals surface area (Å²) in [4.78, 5) is 35.3. The lowest BCUT2D eigenvalue weighted by Crippen LogP contribution is -2.56. The van der Waals surface area contributed by atoms with Crippen LogP contribution in [0.4, 0.5) is 0 Å². The molecule has 8 aliphatic rings. The normalized spacial score (nSPS) is 48.3. The van der Waals surface area contributed by atoms with Crippen LogP contribution in [0.2, 0.25) is 0 Å². The highest BCUT2D eigenvalue weighted by molar-refractivity contribution is 5.89. The summed E-state index contributed by atoms with van der Waals surface area (Å²) in [7, 11) is 0. The van der Waals surface area contributed by atoms with Crippen LogP contribution in [0.25, 0.3) is 0 Å². The van der Waals surface area contributed by atoms with Gasteiger partial charge in [-0.3, -0.25) is 9.59 Å². The second kappa shape index (κ2) is 6.50. The number of ketones is 2. The molecule has 0 saturated heterocycles. The number of carbonyl (C=O) groups is 3. The minimum atomic E-state index is -0.440. The number of ether oxygens (including phenoxy) is 1. The molecule has 29 heavy (non-hydrogen) atoms. The number of hydrogen-bond acceptors (Lipinski definition) is 5. The Morgan fingerprint density at radius 1 is 0.862 bits per heavy atom. The molecular weight excluding hydrogens is 368 g/mol. The Labute approximate surface area is 172 Å². The van der Waals surface area contributed by atoms with Crippen LogP contribution in [0, 0.1) is 35.5 Å². The summed E-state index contributed by atoms with van der Waals surface area (Å²) in [5.41, 5.74) is -0.336. The first-order chi connectivity index (χ1) is 13.7. The van der Waals surface area contributed by atoms with Crippen LogP contribution >= 0.6 is 0 Å². The highest BCUT2D eigenvalue weighted by Crippen LogP contribution is 2.56. The number of rotatable bonds is 2. The Morgan fingerprint density at radius 3 is 1.76 bits per heavy atom. The van der Waals surface area contributed by atoms with Crippen LogP contribution in [0.3, 0.4) is 0 Å². The van der Waals surface area contributed by atoms with E-state index in [1.165, 1.54) is 0 Å². The fourth-order valence-corrected chi connectivity index (χ4v) is 7.79. The molecule has 5 nitrogen and oxygen atoms in total. The highest BCUT2D eigenvalue weighted by atomic mass is 16.6. The molecule has 8 rings (SSSR count). The van der Waals surface area contributed by atoms with Gasteiger partial charge in [0.1, 0.15) is 17.2 Å². The third-order valence-corrected chi connectivity index (χ3v) is 8.56. The van der Waals surface area contributed by atoms with Gasteiger partial charge in [-0.2, -0.15) is 0 Å². The van der Waals surface area contributed by atoms with E-state index in [-0.39, 0.29) is 35.2 Å². The largest absolute Gasteiger partial charge is 0.456 e. The molecule has 8 aliphatic carbocycles. The predicted molar refractivity (Wildman–Crippen MR) is 106 cm³/mol. The van der Waals surface area contributed by atoms with Gasteiger partial charge in [0.25, 0.3) is 0 Å². The molecule has 5 heteroatoms. The minimum absolute atomic E-state index is 0.152. The lowest BCUT2D eigenvalue weighted by Gasteiger charge is -2.54. The summed E-state index contributed by atoms with van der Waals surface area (Å²) in [6.07, 6.45) is 9.10. The van der Waals surface area contributed by atoms with Crippen molar-refractivity contribution in [1.29, 1.82) is 0 Å². The van der Waals surface area contributed by atoms with Crippen molar-refractivity contribution in [3.8, 4) is 0 Å². The molecular formula is C24H32O5. The van der Waals surface area contributed by atoms with Gasteiger partial charge in [0, 0.05) is 29.2 Å². The maximum Gasteiger partial charge on any atom is 0.333 e. The standard InChI is InChI=1S/C14H18O3.C10H14O2/c1-8(2)13(16)17-14-5-9-3-10(6-14)12(15)11(4-9)7-14;11-9-7-1-6-2-8(9)5-10(12,3-6)4-7/h9-11H,1,3-7H2,2H3;6-8,12H,1-5H2. The van der Waals surface area contributed by atoms with Gasteiger partial charge in [-0.05, 0) is 83.0 Å². The molecule has 8 fully saturated rings. The molecule has 0 radical (unpaired) electrons. The van der Waals surface area contributed by atoms with Gasteiger partial charge in [0.2, 0.25) is 0 Å². The zero-order valence-electron chi connectivity index (χ0n) is 17.3. The molecule has 0 spiro atoms. The fourth-order valence-electron chi connectivity index (χ4n) is 7.79. The SMILES string of the molecule is C=C(C)C(=O)OC12CC3CC(C1)C(=O)C(C3)C2.O=C1C2CC3CC1CC(O)(C3)C2. The van der Waals surface area contributed by atoms with Gasteiger partial charge in [-0.1, -0.05) is 6.58 Å². The zero-order valence-corrected chi connectivity index (χ0v) is 17.3. The molecule has 8 bridgehead atoms. The van der Waals surface area contributed by atoms with Crippen LogP contribution in [-0.4, -0.2) is 33.8 Å². The summed E-state index contributed by atoms with van der Waals surface area (Å²) in [6.45, 7) is 5.30. The topological polar surface area (TPSA) is 80.7 Å². The first-order valence-corrected chi connectivity index (χ1v) is 11.3. The Balaban J connectivity index is 0.000000132. The van der Waals surface area contributed by atoms with Crippen LogP contribution in [0.5, 0.6) is 0 Å². The average molecular weight is 401 g/mol. The summed E-state index contributed by atoms with van der Waals surface area (Å²) >= 11 is 0. The number of hydrogen-bond donors (Lipinski definition) is 1. The maximum absolute atomic E-state index is 12.0. The number of esters is 1. The smallest absolute Gasteiger partial charge is 0.333 e. The van der Waals surface area contributed by atoms with E-state index in [4.69, 9.17) is 4.74 Å².